The van der Waals surface area contributed by atoms with E-state index in [9.17, 15) is 9.90 Å². The van der Waals surface area contributed by atoms with Gasteiger partial charge in [0.05, 0.1) is 0 Å². The summed E-state index contributed by atoms with van der Waals surface area (Å²) in [7, 11) is 0. The Morgan fingerprint density at radius 3 is 2.55 bits per heavy atom. The second-order valence-corrected chi connectivity index (χ2v) is 4.95. The van der Waals surface area contributed by atoms with Crippen molar-refractivity contribution in [2.45, 2.75) is 19.4 Å². The molecule has 2 rings (SSSR count). The molecule has 20 heavy (non-hydrogen) atoms. The van der Waals surface area contributed by atoms with Crippen LogP contribution in [0.1, 0.15) is 11.1 Å². The molecule has 0 radical (unpaired) electrons. The number of benzene rings is 2. The highest BCUT2D eigenvalue weighted by Gasteiger charge is 2.20. The molecule has 0 fully saturated rings. The number of rotatable bonds is 5. The lowest BCUT2D eigenvalue weighted by Crippen LogP contribution is -2.29. The minimum Gasteiger partial charge on any atom is -0.478 e. The molecule has 0 aliphatic rings. The molecule has 0 aromatic heterocycles. The number of aliphatic carboxylic acids is 1. The van der Waals surface area contributed by atoms with Crippen molar-refractivity contribution in [2.75, 3.05) is 0 Å². The van der Waals surface area contributed by atoms with E-state index in [1.165, 1.54) is 0 Å². The maximum absolute atomic E-state index is 11.3. The summed E-state index contributed by atoms with van der Waals surface area (Å²) in [4.78, 5) is 11.3. The fourth-order valence-corrected chi connectivity index (χ4v) is 1.98. The van der Waals surface area contributed by atoms with E-state index in [2.05, 4.69) is 0 Å². The van der Waals surface area contributed by atoms with E-state index in [0.717, 1.165) is 11.1 Å². The van der Waals surface area contributed by atoms with Gasteiger partial charge in [-0.1, -0.05) is 41.9 Å². The smallest absolute Gasteiger partial charge is 0.345 e. The molecule has 4 heteroatoms. The molecular formula is C16H15ClO3. The summed E-state index contributed by atoms with van der Waals surface area (Å²) in [5.74, 6) is -0.475. The maximum Gasteiger partial charge on any atom is 0.345 e. The van der Waals surface area contributed by atoms with Crippen LogP contribution in [-0.4, -0.2) is 17.2 Å². The van der Waals surface area contributed by atoms with Gasteiger partial charge in [-0.05, 0) is 36.2 Å². The van der Waals surface area contributed by atoms with Gasteiger partial charge in [0.1, 0.15) is 5.75 Å². The van der Waals surface area contributed by atoms with Crippen LogP contribution in [0.2, 0.25) is 5.02 Å². The van der Waals surface area contributed by atoms with Crippen LogP contribution in [0.4, 0.5) is 0 Å². The van der Waals surface area contributed by atoms with Crippen molar-refractivity contribution in [2.24, 2.45) is 0 Å². The Morgan fingerprint density at radius 1 is 1.25 bits per heavy atom. The highest BCUT2D eigenvalue weighted by molar-refractivity contribution is 6.31. The van der Waals surface area contributed by atoms with E-state index in [1.54, 1.807) is 18.2 Å². The number of halogens is 1. The van der Waals surface area contributed by atoms with Crippen molar-refractivity contribution in [3.8, 4) is 5.75 Å². The molecule has 0 saturated heterocycles. The van der Waals surface area contributed by atoms with Gasteiger partial charge in [0, 0.05) is 11.4 Å². The van der Waals surface area contributed by atoms with Crippen LogP contribution < -0.4 is 4.74 Å². The molecular weight excluding hydrogens is 276 g/mol. The lowest BCUT2D eigenvalue weighted by Gasteiger charge is -2.16. The highest BCUT2D eigenvalue weighted by atomic mass is 35.5. The Kier molecular flexibility index (Phi) is 4.64. The topological polar surface area (TPSA) is 46.5 Å². The molecule has 2 aromatic rings. The predicted octanol–water partition coefficient (Wildman–Crippen LogP) is 3.72. The van der Waals surface area contributed by atoms with E-state index in [1.807, 2.05) is 37.3 Å². The van der Waals surface area contributed by atoms with Crippen LogP contribution in [0, 0.1) is 6.92 Å². The van der Waals surface area contributed by atoms with Crippen molar-refractivity contribution in [1.82, 2.24) is 0 Å². The van der Waals surface area contributed by atoms with Gasteiger partial charge in [-0.3, -0.25) is 0 Å². The summed E-state index contributed by atoms with van der Waals surface area (Å²) in [6.07, 6.45) is -0.601. The first-order chi connectivity index (χ1) is 9.56. The highest BCUT2D eigenvalue weighted by Crippen LogP contribution is 2.22. The summed E-state index contributed by atoms with van der Waals surface area (Å²) in [6.45, 7) is 1.85. The Hall–Kier alpha value is -2.00. The van der Waals surface area contributed by atoms with Crippen LogP contribution in [0.5, 0.6) is 5.75 Å². The third-order valence-electron chi connectivity index (χ3n) is 2.95. The molecule has 1 N–H and O–H groups in total. The average Bonchev–Trinajstić information content (AvgIpc) is 2.43. The quantitative estimate of drug-likeness (QED) is 0.913. The minimum absolute atomic E-state index is 0.317. The van der Waals surface area contributed by atoms with E-state index in [4.69, 9.17) is 16.3 Å². The van der Waals surface area contributed by atoms with Crippen molar-refractivity contribution in [1.29, 1.82) is 0 Å². The standard InChI is InChI=1S/C16H15ClO3/c1-11-9-13(7-8-14(11)17)20-15(16(18)19)10-12-5-3-2-4-6-12/h2-9,15H,10H2,1H3,(H,18,19). The van der Waals surface area contributed by atoms with Gasteiger partial charge in [0.25, 0.3) is 0 Å². The number of carboxylic acids is 1. The summed E-state index contributed by atoms with van der Waals surface area (Å²) in [5.41, 5.74) is 1.78. The van der Waals surface area contributed by atoms with E-state index in [-0.39, 0.29) is 0 Å². The van der Waals surface area contributed by atoms with Crippen LogP contribution in [0.15, 0.2) is 48.5 Å². The van der Waals surface area contributed by atoms with E-state index < -0.39 is 12.1 Å². The second kappa shape index (κ2) is 6.44. The van der Waals surface area contributed by atoms with Gasteiger partial charge in [0.15, 0.2) is 6.10 Å². The van der Waals surface area contributed by atoms with Crippen LogP contribution >= 0.6 is 11.6 Å². The van der Waals surface area contributed by atoms with Crippen LogP contribution in [-0.2, 0) is 11.2 Å². The third kappa shape index (κ3) is 3.75. The van der Waals surface area contributed by atoms with Crippen molar-refractivity contribution < 1.29 is 14.6 Å². The van der Waals surface area contributed by atoms with Crippen LogP contribution in [0.25, 0.3) is 0 Å². The Labute approximate surface area is 122 Å². The van der Waals surface area contributed by atoms with Gasteiger partial charge in [-0.15, -0.1) is 0 Å². The number of carboxylic acid groups (broad SMARTS) is 1. The number of hydrogen-bond acceptors (Lipinski definition) is 2. The molecule has 1 unspecified atom stereocenters. The summed E-state index contributed by atoms with van der Waals surface area (Å²) < 4.78 is 5.56. The van der Waals surface area contributed by atoms with Gasteiger partial charge in [-0.2, -0.15) is 0 Å². The molecule has 2 aromatic carbocycles. The minimum atomic E-state index is -0.985. The predicted molar refractivity (Wildman–Crippen MR) is 78.4 cm³/mol. The fourth-order valence-electron chi connectivity index (χ4n) is 1.86. The molecule has 0 bridgehead atoms. The molecule has 0 amide bonds. The summed E-state index contributed by atoms with van der Waals surface area (Å²) >= 11 is 5.94. The first kappa shape index (κ1) is 14.4. The molecule has 1 atom stereocenters. The van der Waals surface area contributed by atoms with Crippen molar-refractivity contribution >= 4 is 17.6 Å². The zero-order chi connectivity index (χ0) is 14.5. The maximum atomic E-state index is 11.3. The van der Waals surface area contributed by atoms with Crippen molar-refractivity contribution in [3.63, 3.8) is 0 Å². The molecule has 0 saturated carbocycles. The van der Waals surface area contributed by atoms with Gasteiger partial charge in [0.2, 0.25) is 0 Å². The number of hydrogen-bond donors (Lipinski definition) is 1. The van der Waals surface area contributed by atoms with Gasteiger partial charge < -0.3 is 9.84 Å². The lowest BCUT2D eigenvalue weighted by molar-refractivity contribution is -0.145. The van der Waals surface area contributed by atoms with Gasteiger partial charge in [-0.25, -0.2) is 4.79 Å². The number of ether oxygens (including phenoxy) is 1. The number of aryl methyl sites for hydroxylation is 1. The normalized spacial score (nSPS) is 11.9. The first-order valence-corrected chi connectivity index (χ1v) is 6.63. The summed E-state index contributed by atoms with van der Waals surface area (Å²) in [6, 6.07) is 14.5. The van der Waals surface area contributed by atoms with E-state index >= 15 is 0 Å². The van der Waals surface area contributed by atoms with Crippen LogP contribution in [0.3, 0.4) is 0 Å². The lowest BCUT2D eigenvalue weighted by atomic mass is 10.1. The number of carbonyl (C=O) groups is 1. The van der Waals surface area contributed by atoms with E-state index in [0.29, 0.717) is 17.2 Å². The monoisotopic (exact) mass is 290 g/mol. The Bertz CT molecular complexity index is 596. The first-order valence-electron chi connectivity index (χ1n) is 6.26. The average molecular weight is 291 g/mol. The molecule has 104 valence electrons. The molecule has 0 spiro atoms. The zero-order valence-electron chi connectivity index (χ0n) is 11.0. The fraction of sp³-hybridized carbons (Fsp3) is 0.188. The van der Waals surface area contributed by atoms with Gasteiger partial charge >= 0.3 is 5.97 Å². The SMILES string of the molecule is Cc1cc(OC(Cc2ccccc2)C(=O)O)ccc1Cl. The molecule has 0 heterocycles. The summed E-state index contributed by atoms with van der Waals surface area (Å²) in [5, 5.41) is 9.90. The Morgan fingerprint density at radius 2 is 1.95 bits per heavy atom. The Balaban J connectivity index is 2.13. The van der Waals surface area contributed by atoms with Crippen molar-refractivity contribution in [3.05, 3.63) is 64.7 Å². The zero-order valence-corrected chi connectivity index (χ0v) is 11.8. The second-order valence-electron chi connectivity index (χ2n) is 4.55. The molecule has 0 aliphatic carbocycles. The molecule has 0 aliphatic heterocycles. The largest absolute Gasteiger partial charge is 0.478 e. The third-order valence-corrected chi connectivity index (χ3v) is 3.37. The molecule has 3 nitrogen and oxygen atoms in total.